The first-order valence-corrected chi connectivity index (χ1v) is 13.8. The molecule has 30 heavy (non-hydrogen) atoms. The fourth-order valence-electron chi connectivity index (χ4n) is 3.64. The average Bonchev–Trinajstić information content (AvgIpc) is 2.71. The van der Waals surface area contributed by atoms with Gasteiger partial charge >= 0.3 is 5.97 Å². The number of carbonyl (C=O) groups excluding carboxylic acids is 1. The molecule has 0 heterocycles. The van der Waals surface area contributed by atoms with Crippen LogP contribution in [0.2, 0.25) is 0 Å². The van der Waals surface area contributed by atoms with Crippen molar-refractivity contribution < 1.29 is 9.53 Å². The number of hydrogen-bond acceptors (Lipinski definition) is 2. The van der Waals surface area contributed by atoms with E-state index in [0.29, 0.717) is 6.42 Å². The van der Waals surface area contributed by atoms with Gasteiger partial charge in [-0.25, -0.2) is 0 Å². The van der Waals surface area contributed by atoms with Gasteiger partial charge in [-0.05, 0) is 20.3 Å². The van der Waals surface area contributed by atoms with Gasteiger partial charge < -0.3 is 4.74 Å². The lowest BCUT2D eigenvalue weighted by molar-refractivity contribution is -0.147. The number of rotatable bonds is 21. The van der Waals surface area contributed by atoms with E-state index in [1.165, 1.54) is 122 Å². The van der Waals surface area contributed by atoms with Crippen LogP contribution >= 0.6 is 0 Å². The molecule has 0 saturated heterocycles. The molecule has 2 nitrogen and oxygen atoms in total. The van der Waals surface area contributed by atoms with Gasteiger partial charge in [-0.3, -0.25) is 4.79 Å². The highest BCUT2D eigenvalue weighted by Crippen LogP contribution is 2.12. The maximum absolute atomic E-state index is 11.3. The molecular weight excluding hydrogens is 368 g/mol. The van der Waals surface area contributed by atoms with E-state index >= 15 is 0 Å². The Hall–Kier alpha value is -0.530. The molecular formula is C28H58O2. The van der Waals surface area contributed by atoms with Gasteiger partial charge in [-0.2, -0.15) is 0 Å². The molecule has 0 bridgehead atoms. The predicted octanol–water partition coefficient (Wildman–Crippen LogP) is 10.2. The molecule has 0 fully saturated rings. The van der Waals surface area contributed by atoms with Gasteiger partial charge in [-0.1, -0.05) is 143 Å². The van der Waals surface area contributed by atoms with Gasteiger partial charge in [0.05, 0.1) is 6.10 Å². The first kappa shape index (κ1) is 31.7. The van der Waals surface area contributed by atoms with Gasteiger partial charge in [0, 0.05) is 6.42 Å². The van der Waals surface area contributed by atoms with Gasteiger partial charge in [0.15, 0.2) is 0 Å². The summed E-state index contributed by atoms with van der Waals surface area (Å²) < 4.78 is 5.10. The Bertz CT molecular complexity index is 304. The van der Waals surface area contributed by atoms with Crippen molar-refractivity contribution in [2.75, 3.05) is 0 Å². The topological polar surface area (TPSA) is 26.3 Å². The fraction of sp³-hybridized carbons (Fsp3) is 0.964. The van der Waals surface area contributed by atoms with E-state index in [1.807, 2.05) is 13.8 Å². The second-order valence-electron chi connectivity index (χ2n) is 9.30. The second-order valence-corrected chi connectivity index (χ2v) is 9.30. The summed E-state index contributed by atoms with van der Waals surface area (Å²) in [5.41, 5.74) is 0. The Morgan fingerprint density at radius 1 is 0.500 bits per heavy atom. The van der Waals surface area contributed by atoms with Gasteiger partial charge in [0.2, 0.25) is 0 Å². The molecule has 0 spiro atoms. The highest BCUT2D eigenvalue weighted by atomic mass is 16.5. The quantitative estimate of drug-likeness (QED) is 0.135. The molecule has 0 unspecified atom stereocenters. The van der Waals surface area contributed by atoms with Crippen LogP contribution in [0.15, 0.2) is 0 Å². The summed E-state index contributed by atoms with van der Waals surface area (Å²) in [4.78, 5) is 11.3. The maximum atomic E-state index is 11.3. The maximum Gasteiger partial charge on any atom is 0.306 e. The van der Waals surface area contributed by atoms with E-state index in [9.17, 15) is 4.79 Å². The highest BCUT2D eigenvalue weighted by Gasteiger charge is 2.04. The van der Waals surface area contributed by atoms with Crippen LogP contribution in [0.1, 0.15) is 169 Å². The number of esters is 1. The van der Waals surface area contributed by atoms with Gasteiger partial charge in [0.25, 0.3) is 0 Å². The third-order valence-electron chi connectivity index (χ3n) is 5.56. The Balaban J connectivity index is 0. The number of unbranched alkanes of at least 4 members (excludes halogenated alkanes) is 18. The minimum absolute atomic E-state index is 0.0280. The molecule has 182 valence electrons. The molecule has 0 radical (unpaired) electrons. The molecule has 0 aromatic rings. The molecule has 2 heteroatoms. The standard InChI is InChI=1S/C17H34O2.C11H24/c1-4-5-6-7-8-9-10-11-12-13-14-15-17(18)19-16(2)3;1-3-5-7-9-11-10-8-6-4-2/h16H,4-15H2,1-3H3;3-11H2,1-2H3. The number of hydrogen-bond donors (Lipinski definition) is 0. The van der Waals surface area contributed by atoms with Crippen LogP contribution in [-0.2, 0) is 9.53 Å². The Morgan fingerprint density at radius 2 is 0.767 bits per heavy atom. The highest BCUT2D eigenvalue weighted by molar-refractivity contribution is 5.69. The van der Waals surface area contributed by atoms with Crippen LogP contribution < -0.4 is 0 Å². The third kappa shape index (κ3) is 32.1. The monoisotopic (exact) mass is 426 g/mol. The number of carbonyl (C=O) groups is 1. The molecule has 0 aliphatic carbocycles. The summed E-state index contributed by atoms with van der Waals surface area (Å²) in [6.07, 6.45) is 28.0. The van der Waals surface area contributed by atoms with Crippen molar-refractivity contribution in [3.8, 4) is 0 Å². The largest absolute Gasteiger partial charge is 0.463 e. The van der Waals surface area contributed by atoms with Crippen LogP contribution in [0.25, 0.3) is 0 Å². The minimum atomic E-state index is -0.0362. The lowest BCUT2D eigenvalue weighted by atomic mass is 10.1. The minimum Gasteiger partial charge on any atom is -0.463 e. The van der Waals surface area contributed by atoms with Crippen molar-refractivity contribution >= 4 is 5.97 Å². The van der Waals surface area contributed by atoms with Crippen molar-refractivity contribution in [3.63, 3.8) is 0 Å². The van der Waals surface area contributed by atoms with Crippen LogP contribution in [0, 0.1) is 0 Å². The van der Waals surface area contributed by atoms with E-state index in [-0.39, 0.29) is 12.1 Å². The van der Waals surface area contributed by atoms with E-state index in [2.05, 4.69) is 20.8 Å². The van der Waals surface area contributed by atoms with E-state index < -0.39 is 0 Å². The molecule has 0 aliphatic rings. The lowest BCUT2D eigenvalue weighted by Gasteiger charge is -2.07. The zero-order valence-electron chi connectivity index (χ0n) is 21.7. The van der Waals surface area contributed by atoms with Crippen molar-refractivity contribution in [1.29, 1.82) is 0 Å². The van der Waals surface area contributed by atoms with Crippen LogP contribution in [-0.4, -0.2) is 12.1 Å². The van der Waals surface area contributed by atoms with Crippen molar-refractivity contribution in [3.05, 3.63) is 0 Å². The Morgan fingerprint density at radius 3 is 1.03 bits per heavy atom. The van der Waals surface area contributed by atoms with Crippen LogP contribution in [0.3, 0.4) is 0 Å². The summed E-state index contributed by atoms with van der Waals surface area (Å²) in [6.45, 7) is 10.6. The van der Waals surface area contributed by atoms with E-state index in [1.54, 1.807) is 0 Å². The molecule has 0 N–H and O–H groups in total. The summed E-state index contributed by atoms with van der Waals surface area (Å²) in [7, 11) is 0. The van der Waals surface area contributed by atoms with E-state index in [0.717, 1.165) is 6.42 Å². The molecule has 0 saturated carbocycles. The lowest BCUT2D eigenvalue weighted by Crippen LogP contribution is -2.10. The molecule has 0 amide bonds. The SMILES string of the molecule is CCCCCCCCCCC.CCCCCCCCCCCCCC(=O)OC(C)C. The van der Waals surface area contributed by atoms with Crippen molar-refractivity contribution in [1.82, 2.24) is 0 Å². The summed E-state index contributed by atoms with van der Waals surface area (Å²) in [5, 5.41) is 0. The molecule has 0 atom stereocenters. The van der Waals surface area contributed by atoms with E-state index in [4.69, 9.17) is 4.74 Å². The van der Waals surface area contributed by atoms with Crippen LogP contribution in [0.5, 0.6) is 0 Å². The van der Waals surface area contributed by atoms with Crippen molar-refractivity contribution in [2.24, 2.45) is 0 Å². The van der Waals surface area contributed by atoms with Crippen molar-refractivity contribution in [2.45, 2.75) is 176 Å². The van der Waals surface area contributed by atoms with Crippen LogP contribution in [0.4, 0.5) is 0 Å². The molecule has 0 aliphatic heterocycles. The summed E-state index contributed by atoms with van der Waals surface area (Å²) in [5.74, 6) is -0.0362. The zero-order valence-corrected chi connectivity index (χ0v) is 21.7. The number of ether oxygens (including phenoxy) is 1. The third-order valence-corrected chi connectivity index (χ3v) is 5.56. The van der Waals surface area contributed by atoms with Gasteiger partial charge in [0.1, 0.15) is 0 Å². The predicted molar refractivity (Wildman–Crippen MR) is 135 cm³/mol. The molecule has 0 rings (SSSR count). The Labute approximate surface area is 191 Å². The fourth-order valence-corrected chi connectivity index (χ4v) is 3.64. The smallest absolute Gasteiger partial charge is 0.306 e. The van der Waals surface area contributed by atoms with Gasteiger partial charge in [-0.15, -0.1) is 0 Å². The first-order chi connectivity index (χ1) is 14.6. The average molecular weight is 427 g/mol. The first-order valence-electron chi connectivity index (χ1n) is 13.8. The normalized spacial score (nSPS) is 10.7. The summed E-state index contributed by atoms with van der Waals surface area (Å²) >= 11 is 0. The summed E-state index contributed by atoms with van der Waals surface area (Å²) in [6, 6.07) is 0. The molecule has 0 aromatic heterocycles. The molecule has 0 aromatic carbocycles. The second kappa shape index (κ2) is 28.5. The Kier molecular flexibility index (Phi) is 30.0. The zero-order chi connectivity index (χ0) is 22.7.